The molecule has 1 saturated carbocycles. The van der Waals surface area contributed by atoms with Gasteiger partial charge in [-0.15, -0.1) is 0 Å². The van der Waals surface area contributed by atoms with Crippen molar-refractivity contribution in [3.8, 4) is 0 Å². The number of nitrogens with zero attached hydrogens (tertiary/aromatic N) is 2. The molecule has 8 nitrogen and oxygen atoms in total. The molecule has 9 heteroatoms. The molecular weight excluding hydrogens is 494 g/mol. The molecule has 1 aliphatic carbocycles. The molecule has 3 atom stereocenters. The van der Waals surface area contributed by atoms with E-state index in [1.807, 2.05) is 20.8 Å². The fraction of sp³-hybridized carbons (Fsp3) is 0.643. The maximum Gasteiger partial charge on any atom is 0.326 e. The van der Waals surface area contributed by atoms with Crippen LogP contribution in [0.15, 0.2) is 24.3 Å². The number of halogens is 1. The number of benzene rings is 1. The summed E-state index contributed by atoms with van der Waals surface area (Å²) in [5.41, 5.74) is -0.628. The van der Waals surface area contributed by atoms with Crippen molar-refractivity contribution < 1.29 is 24.3 Å². The van der Waals surface area contributed by atoms with E-state index in [0.717, 1.165) is 25.7 Å². The smallest absolute Gasteiger partial charge is 0.326 e. The Hall–Kier alpha value is -2.61. The van der Waals surface area contributed by atoms with Gasteiger partial charge in [0, 0.05) is 42.1 Å². The summed E-state index contributed by atoms with van der Waals surface area (Å²) in [5, 5.41) is 13.5. The number of carbonyl (C=O) groups excluding carboxylic acids is 3. The predicted molar refractivity (Wildman–Crippen MR) is 141 cm³/mol. The molecule has 2 aliphatic heterocycles. The Morgan fingerprint density at radius 2 is 1.86 bits per heavy atom. The van der Waals surface area contributed by atoms with Gasteiger partial charge in [0.05, 0.1) is 0 Å². The van der Waals surface area contributed by atoms with Gasteiger partial charge in [0.2, 0.25) is 17.7 Å². The molecule has 1 spiro atoms. The van der Waals surface area contributed by atoms with Crippen molar-refractivity contribution in [2.24, 2.45) is 16.7 Å². The van der Waals surface area contributed by atoms with Crippen molar-refractivity contribution in [2.45, 2.75) is 84.2 Å². The molecule has 2 heterocycles. The van der Waals surface area contributed by atoms with E-state index in [2.05, 4.69) is 5.32 Å². The van der Waals surface area contributed by atoms with Crippen molar-refractivity contribution in [3.63, 3.8) is 0 Å². The summed E-state index contributed by atoms with van der Waals surface area (Å²) in [6.45, 7) is 6.08. The Bertz CT molecular complexity index is 1060. The number of hydrogen-bond acceptors (Lipinski definition) is 4. The molecule has 0 aromatic heterocycles. The van der Waals surface area contributed by atoms with Gasteiger partial charge in [-0.1, -0.05) is 57.7 Å². The first-order chi connectivity index (χ1) is 17.4. The van der Waals surface area contributed by atoms with Crippen LogP contribution in [-0.2, 0) is 19.2 Å². The van der Waals surface area contributed by atoms with Gasteiger partial charge in [-0.3, -0.25) is 14.4 Å². The van der Waals surface area contributed by atoms with Crippen molar-refractivity contribution >= 4 is 41.0 Å². The fourth-order valence-corrected chi connectivity index (χ4v) is 6.40. The van der Waals surface area contributed by atoms with Crippen molar-refractivity contribution in [3.05, 3.63) is 29.3 Å². The molecule has 3 aliphatic rings. The standard InChI is InChI=1S/C28H38ClN3O5/c1-27(2,3)24(30-22(33)12-18-8-5-4-6-9-18)25(35)32-17-28(14-21(32)26(36)37)15-23(34)31(16-28)20-11-7-10-19(29)13-20/h7,10-11,13,18,21,24H,4-6,8-9,12,14-17H2,1-3H3,(H,30,33)(H,36,37)/t21-,24+,28+/m0/s1. The Kier molecular flexibility index (Phi) is 7.88. The monoisotopic (exact) mass is 531 g/mol. The normalized spacial score (nSPS) is 25.5. The van der Waals surface area contributed by atoms with E-state index in [0.29, 0.717) is 29.6 Å². The average molecular weight is 532 g/mol. The molecule has 2 saturated heterocycles. The van der Waals surface area contributed by atoms with Gasteiger partial charge in [-0.05, 0) is 48.8 Å². The second kappa shape index (κ2) is 10.6. The molecule has 0 radical (unpaired) electrons. The number of carboxylic acid groups (broad SMARTS) is 1. The SMILES string of the molecule is CC(C)(C)[C@H](NC(=O)CC1CCCCC1)C(=O)N1C[C@@]2(CC(=O)N(c3cccc(Cl)c3)C2)C[C@H]1C(=O)O. The number of nitrogens with one attached hydrogen (secondary N) is 1. The van der Waals surface area contributed by atoms with Crippen molar-refractivity contribution in [1.29, 1.82) is 0 Å². The minimum absolute atomic E-state index is 0.117. The fourth-order valence-electron chi connectivity index (χ4n) is 6.21. The lowest BCUT2D eigenvalue weighted by molar-refractivity contribution is -0.150. The zero-order valence-electron chi connectivity index (χ0n) is 22.0. The molecule has 202 valence electrons. The lowest BCUT2D eigenvalue weighted by atomic mass is 9.84. The average Bonchev–Trinajstić information content (AvgIpc) is 3.36. The zero-order chi connectivity index (χ0) is 27.0. The van der Waals surface area contributed by atoms with Crippen LogP contribution in [0.2, 0.25) is 5.02 Å². The Balaban J connectivity index is 1.52. The second-order valence-electron chi connectivity index (χ2n) is 12.2. The summed E-state index contributed by atoms with van der Waals surface area (Å²) in [6, 6.07) is 5.09. The van der Waals surface area contributed by atoms with Crippen LogP contribution in [0.25, 0.3) is 0 Å². The van der Waals surface area contributed by atoms with E-state index in [-0.39, 0.29) is 31.2 Å². The van der Waals surface area contributed by atoms with Gasteiger partial charge in [0.1, 0.15) is 12.1 Å². The summed E-state index contributed by atoms with van der Waals surface area (Å²) >= 11 is 6.13. The molecule has 0 bridgehead atoms. The molecule has 4 rings (SSSR count). The van der Waals surface area contributed by atoms with Crippen molar-refractivity contribution in [2.75, 3.05) is 18.0 Å². The summed E-state index contributed by atoms with van der Waals surface area (Å²) in [4.78, 5) is 55.2. The first-order valence-corrected chi connectivity index (χ1v) is 13.6. The van der Waals surface area contributed by atoms with Gasteiger partial charge >= 0.3 is 5.97 Å². The first-order valence-electron chi connectivity index (χ1n) is 13.3. The van der Waals surface area contributed by atoms with Gasteiger partial charge in [-0.25, -0.2) is 4.79 Å². The molecule has 3 amide bonds. The van der Waals surface area contributed by atoms with Crippen LogP contribution in [0, 0.1) is 16.7 Å². The number of carbonyl (C=O) groups is 4. The third-order valence-corrected chi connectivity index (χ3v) is 8.37. The molecule has 37 heavy (non-hydrogen) atoms. The quantitative estimate of drug-likeness (QED) is 0.570. The predicted octanol–water partition coefficient (Wildman–Crippen LogP) is 4.25. The van der Waals surface area contributed by atoms with Gasteiger partial charge in [0.25, 0.3) is 0 Å². The van der Waals surface area contributed by atoms with Crippen LogP contribution >= 0.6 is 11.6 Å². The highest BCUT2D eigenvalue weighted by atomic mass is 35.5. The van der Waals surface area contributed by atoms with Crippen molar-refractivity contribution in [1.82, 2.24) is 10.2 Å². The first kappa shape index (κ1) is 27.4. The highest BCUT2D eigenvalue weighted by Crippen LogP contribution is 2.45. The molecule has 2 N–H and O–H groups in total. The molecule has 3 fully saturated rings. The van der Waals surface area contributed by atoms with E-state index in [1.54, 1.807) is 29.2 Å². The number of anilines is 1. The summed E-state index contributed by atoms with van der Waals surface area (Å²) in [6.07, 6.45) is 6.22. The molecule has 1 aromatic rings. The van der Waals surface area contributed by atoms with Crippen LogP contribution in [0.4, 0.5) is 5.69 Å². The molecular formula is C28H38ClN3O5. The van der Waals surface area contributed by atoms with E-state index in [4.69, 9.17) is 11.6 Å². The third kappa shape index (κ3) is 6.11. The van der Waals surface area contributed by atoms with Gasteiger partial charge in [-0.2, -0.15) is 0 Å². The maximum absolute atomic E-state index is 13.9. The maximum atomic E-state index is 13.9. The summed E-state index contributed by atoms with van der Waals surface area (Å²) in [5.74, 6) is -1.45. The number of hydrogen-bond donors (Lipinski definition) is 2. The van der Waals surface area contributed by atoms with Gasteiger partial charge in [0.15, 0.2) is 0 Å². The summed E-state index contributed by atoms with van der Waals surface area (Å²) < 4.78 is 0. The molecule has 1 aromatic carbocycles. The van der Waals surface area contributed by atoms with Crippen LogP contribution in [0.3, 0.4) is 0 Å². The Morgan fingerprint density at radius 3 is 2.49 bits per heavy atom. The van der Waals surface area contributed by atoms with Crippen LogP contribution in [0.1, 0.15) is 72.1 Å². The van der Waals surface area contributed by atoms with E-state index in [9.17, 15) is 24.3 Å². The zero-order valence-corrected chi connectivity index (χ0v) is 22.7. The van der Waals surface area contributed by atoms with E-state index in [1.165, 1.54) is 11.3 Å². The highest BCUT2D eigenvalue weighted by molar-refractivity contribution is 6.31. The minimum Gasteiger partial charge on any atom is -0.480 e. The largest absolute Gasteiger partial charge is 0.480 e. The summed E-state index contributed by atoms with van der Waals surface area (Å²) in [7, 11) is 0. The number of likely N-dealkylation sites (tertiary alicyclic amines) is 1. The Morgan fingerprint density at radius 1 is 1.16 bits per heavy atom. The molecule has 0 unspecified atom stereocenters. The minimum atomic E-state index is -1.10. The number of rotatable bonds is 6. The topological polar surface area (TPSA) is 107 Å². The number of carboxylic acids is 1. The van der Waals surface area contributed by atoms with Gasteiger partial charge < -0.3 is 20.2 Å². The number of amides is 3. The van der Waals surface area contributed by atoms with Crippen LogP contribution < -0.4 is 10.2 Å². The second-order valence-corrected chi connectivity index (χ2v) is 12.7. The third-order valence-electron chi connectivity index (χ3n) is 8.13. The lowest BCUT2D eigenvalue weighted by Crippen LogP contribution is -2.57. The van der Waals surface area contributed by atoms with Crippen LogP contribution in [-0.4, -0.2) is 58.9 Å². The van der Waals surface area contributed by atoms with E-state index < -0.39 is 34.8 Å². The number of aliphatic carboxylic acids is 1. The lowest BCUT2D eigenvalue weighted by Gasteiger charge is -2.35. The Labute approximate surface area is 223 Å². The van der Waals surface area contributed by atoms with Crippen LogP contribution in [0.5, 0.6) is 0 Å². The highest BCUT2D eigenvalue weighted by Gasteiger charge is 2.56. The van der Waals surface area contributed by atoms with E-state index >= 15 is 0 Å².